The van der Waals surface area contributed by atoms with E-state index < -0.39 is 30.7 Å². The molecule has 0 bridgehead atoms. The van der Waals surface area contributed by atoms with Crippen LogP contribution in [0.2, 0.25) is 0 Å². The molecule has 0 saturated carbocycles. The van der Waals surface area contributed by atoms with Gasteiger partial charge in [0, 0.05) is 38.3 Å². The molecule has 0 radical (unpaired) electrons. The summed E-state index contributed by atoms with van der Waals surface area (Å²) in [6.07, 6.45) is -0.156. The second-order valence-electron chi connectivity index (χ2n) is 7.65. The van der Waals surface area contributed by atoms with Gasteiger partial charge < -0.3 is 36.0 Å². The molecular formula is C22H28BN3O8. The molecule has 1 aliphatic rings. The molecular weight excluding hydrogens is 445 g/mol. The zero-order valence-corrected chi connectivity index (χ0v) is 18.4. The molecule has 3 rings (SSSR count). The number of rotatable bonds is 8. The number of carboxylic acid groups (broad SMARTS) is 2. The van der Waals surface area contributed by atoms with Gasteiger partial charge in [0.2, 0.25) is 0 Å². The molecule has 12 heteroatoms. The van der Waals surface area contributed by atoms with E-state index in [0.29, 0.717) is 12.1 Å². The Balaban J connectivity index is 0.00000129. The molecule has 0 aliphatic carbocycles. The van der Waals surface area contributed by atoms with Gasteiger partial charge in [-0.05, 0) is 35.7 Å². The number of phenols is 1. The van der Waals surface area contributed by atoms with E-state index in [0.717, 1.165) is 31.7 Å². The first-order valence-corrected chi connectivity index (χ1v) is 10.6. The Bertz CT molecular complexity index is 982. The minimum atomic E-state index is -1.90. The third-order valence-electron chi connectivity index (χ3n) is 5.27. The predicted molar refractivity (Wildman–Crippen MR) is 123 cm³/mol. The number of amides is 1. The summed E-state index contributed by atoms with van der Waals surface area (Å²) in [5.74, 6) is -3.40. The van der Waals surface area contributed by atoms with E-state index >= 15 is 0 Å². The van der Waals surface area contributed by atoms with Crippen molar-refractivity contribution >= 4 is 25.5 Å². The van der Waals surface area contributed by atoms with Gasteiger partial charge in [-0.1, -0.05) is 24.3 Å². The predicted octanol–water partition coefficient (Wildman–Crippen LogP) is -0.450. The van der Waals surface area contributed by atoms with Crippen molar-refractivity contribution in [1.29, 1.82) is 0 Å². The lowest BCUT2D eigenvalue weighted by Crippen LogP contribution is -2.48. The van der Waals surface area contributed by atoms with Crippen molar-refractivity contribution in [1.82, 2.24) is 15.5 Å². The number of para-hydroxylation sites is 1. The van der Waals surface area contributed by atoms with E-state index in [1.165, 1.54) is 18.2 Å². The van der Waals surface area contributed by atoms with E-state index in [4.69, 9.17) is 15.0 Å². The van der Waals surface area contributed by atoms with Crippen LogP contribution in [-0.2, 0) is 17.8 Å². The van der Waals surface area contributed by atoms with Crippen LogP contribution in [0.5, 0.6) is 5.75 Å². The summed E-state index contributed by atoms with van der Waals surface area (Å²) in [5.41, 5.74) is 1.24. The number of aromatic hydroxyl groups is 1. The number of nitrogens with zero attached hydrogens (tertiary/aromatic N) is 1. The highest BCUT2D eigenvalue weighted by Gasteiger charge is 2.28. The second kappa shape index (κ2) is 13.3. The highest BCUT2D eigenvalue weighted by Crippen LogP contribution is 2.24. The van der Waals surface area contributed by atoms with Crippen LogP contribution in [0.1, 0.15) is 31.8 Å². The highest BCUT2D eigenvalue weighted by molar-refractivity contribution is 6.43. The Labute approximate surface area is 196 Å². The van der Waals surface area contributed by atoms with Crippen LogP contribution < -0.4 is 10.6 Å². The Hall–Kier alpha value is -3.45. The van der Waals surface area contributed by atoms with Crippen molar-refractivity contribution in [2.24, 2.45) is 0 Å². The molecule has 34 heavy (non-hydrogen) atoms. The average molecular weight is 473 g/mol. The van der Waals surface area contributed by atoms with Crippen LogP contribution in [0.3, 0.4) is 0 Å². The lowest BCUT2D eigenvalue weighted by Gasteiger charge is -2.27. The fourth-order valence-electron chi connectivity index (χ4n) is 3.59. The largest absolute Gasteiger partial charge is 0.507 e. The monoisotopic (exact) mass is 473 g/mol. The van der Waals surface area contributed by atoms with Crippen molar-refractivity contribution in [2.75, 3.05) is 26.2 Å². The average Bonchev–Trinajstić information content (AvgIpc) is 2.81. The summed E-state index contributed by atoms with van der Waals surface area (Å²) >= 11 is 0. The van der Waals surface area contributed by atoms with E-state index in [1.54, 1.807) is 18.2 Å². The molecule has 0 unspecified atom stereocenters. The van der Waals surface area contributed by atoms with E-state index in [2.05, 4.69) is 15.5 Å². The molecule has 2 aromatic rings. The second-order valence-corrected chi connectivity index (χ2v) is 7.65. The van der Waals surface area contributed by atoms with Gasteiger partial charge in [0.15, 0.2) is 0 Å². The highest BCUT2D eigenvalue weighted by atomic mass is 16.4. The summed E-state index contributed by atoms with van der Waals surface area (Å²) in [5, 5.41) is 51.5. The number of hydrogen-bond donors (Lipinski definition) is 7. The van der Waals surface area contributed by atoms with Crippen LogP contribution in [-0.4, -0.2) is 87.9 Å². The number of benzene rings is 2. The van der Waals surface area contributed by atoms with Crippen LogP contribution in [0.15, 0.2) is 42.5 Å². The Kier molecular flexibility index (Phi) is 10.5. The summed E-state index contributed by atoms with van der Waals surface area (Å²) in [6, 6.07) is 11.3. The molecule has 1 amide bonds. The number of carbonyl (C=O) groups is 3. The zero-order chi connectivity index (χ0) is 25.1. The molecule has 2 aromatic carbocycles. The number of carboxylic acids is 1. The van der Waals surface area contributed by atoms with Crippen molar-refractivity contribution in [3.8, 4) is 5.75 Å². The van der Waals surface area contributed by atoms with E-state index in [9.17, 15) is 24.7 Å². The first-order valence-electron chi connectivity index (χ1n) is 10.6. The number of piperazine rings is 1. The van der Waals surface area contributed by atoms with Gasteiger partial charge in [0.05, 0.1) is 5.94 Å². The molecule has 1 fully saturated rings. The molecule has 0 aromatic heterocycles. The van der Waals surface area contributed by atoms with E-state index in [-0.39, 0.29) is 24.0 Å². The Morgan fingerprint density at radius 3 is 2.41 bits per heavy atom. The topological polar surface area (TPSA) is 180 Å². The number of aromatic carboxylic acids is 1. The molecule has 7 N–H and O–H groups in total. The molecule has 1 atom stereocenters. The summed E-state index contributed by atoms with van der Waals surface area (Å²) in [4.78, 5) is 34.6. The van der Waals surface area contributed by atoms with Gasteiger partial charge in [-0.15, -0.1) is 0 Å². The van der Waals surface area contributed by atoms with Gasteiger partial charge in [-0.2, -0.15) is 0 Å². The molecule has 1 saturated heterocycles. The van der Waals surface area contributed by atoms with Crippen LogP contribution in [0.4, 0.5) is 0 Å². The Morgan fingerprint density at radius 1 is 1.15 bits per heavy atom. The number of nitrogens with one attached hydrogen (secondary N) is 2. The quantitative estimate of drug-likeness (QED) is 0.196. The van der Waals surface area contributed by atoms with E-state index in [1.807, 2.05) is 6.07 Å². The lowest BCUT2D eigenvalue weighted by atomic mass is 9.75. The van der Waals surface area contributed by atoms with Crippen molar-refractivity contribution < 1.29 is 39.8 Å². The van der Waals surface area contributed by atoms with Gasteiger partial charge in [-0.3, -0.25) is 14.5 Å². The van der Waals surface area contributed by atoms with Crippen LogP contribution >= 0.6 is 0 Å². The van der Waals surface area contributed by atoms with Gasteiger partial charge in [-0.25, -0.2) is 4.79 Å². The maximum Gasteiger partial charge on any atom is 0.475 e. The van der Waals surface area contributed by atoms with Crippen molar-refractivity contribution in [2.45, 2.75) is 18.9 Å². The third kappa shape index (κ3) is 7.85. The summed E-state index contributed by atoms with van der Waals surface area (Å²) in [6.45, 7) is 4.16. The number of carbonyl (C=O) groups excluding carboxylic acids is 1. The lowest BCUT2D eigenvalue weighted by molar-refractivity contribution is -0.122. The molecule has 1 aliphatic heterocycles. The normalized spacial score (nSPS) is 14.3. The summed E-state index contributed by atoms with van der Waals surface area (Å²) < 4.78 is 0. The molecule has 1 heterocycles. The Morgan fingerprint density at radius 2 is 1.79 bits per heavy atom. The fraction of sp³-hybridized carbons (Fsp3) is 0.318. The maximum absolute atomic E-state index is 12.7. The fourth-order valence-corrected chi connectivity index (χ4v) is 3.59. The standard InChI is InChI=1S/C21H26BN3O6.CH2O2/c26-19-15(4-2-6-17(19)21(28)29)12-18(22(30)31)24-20(27)16-5-1-3-14(11-16)13-25-9-7-23-8-10-25;2-1-3/h1-6,11,18,23,26,30-31H,7-10,12-13H2,(H,24,27)(H,28,29);1H,(H,2,3)/t18-;/m0./s1. The van der Waals surface area contributed by atoms with Crippen molar-refractivity contribution in [3.05, 3.63) is 64.7 Å². The van der Waals surface area contributed by atoms with Crippen LogP contribution in [0.25, 0.3) is 0 Å². The van der Waals surface area contributed by atoms with Crippen molar-refractivity contribution in [3.63, 3.8) is 0 Å². The first-order chi connectivity index (χ1) is 16.3. The third-order valence-corrected chi connectivity index (χ3v) is 5.27. The number of hydrogen-bond acceptors (Lipinski definition) is 8. The van der Waals surface area contributed by atoms with Gasteiger partial charge in [0.1, 0.15) is 11.3 Å². The van der Waals surface area contributed by atoms with Gasteiger partial charge in [0.25, 0.3) is 12.4 Å². The zero-order valence-electron chi connectivity index (χ0n) is 18.4. The maximum atomic E-state index is 12.7. The minimum Gasteiger partial charge on any atom is -0.507 e. The van der Waals surface area contributed by atoms with Crippen LogP contribution in [0, 0.1) is 0 Å². The SMILES string of the molecule is O=C(N[C@@H](Cc1cccc(C(=O)O)c1O)B(O)O)c1cccc(CN2CCNCC2)c1.O=CO. The molecule has 182 valence electrons. The first kappa shape index (κ1) is 26.8. The summed E-state index contributed by atoms with van der Waals surface area (Å²) in [7, 11) is -1.90. The minimum absolute atomic E-state index is 0.156. The molecule has 11 nitrogen and oxygen atoms in total. The smallest absolute Gasteiger partial charge is 0.475 e. The molecule has 0 spiro atoms. The van der Waals surface area contributed by atoms with Gasteiger partial charge >= 0.3 is 13.1 Å².